The van der Waals surface area contributed by atoms with Crippen LogP contribution in [0.3, 0.4) is 0 Å². The van der Waals surface area contributed by atoms with Crippen LogP contribution in [0.5, 0.6) is 0 Å². The molecular weight excluding hydrogens is 341 g/mol. The Balaban J connectivity index is 3.77. The summed E-state index contributed by atoms with van der Waals surface area (Å²) >= 11 is 1.99. The first-order chi connectivity index (χ1) is 7.94. The van der Waals surface area contributed by atoms with Crippen molar-refractivity contribution >= 4 is 28.6 Å². The van der Waals surface area contributed by atoms with Crippen LogP contribution in [0.4, 0.5) is 8.78 Å². The van der Waals surface area contributed by atoms with E-state index >= 15 is 0 Å². The van der Waals surface area contributed by atoms with E-state index in [4.69, 9.17) is 0 Å². The van der Waals surface area contributed by atoms with Crippen molar-refractivity contribution in [2.45, 2.75) is 61.7 Å². The van der Waals surface area contributed by atoms with Crippen LogP contribution in [0, 0.1) is 0 Å². The van der Waals surface area contributed by atoms with Gasteiger partial charge in [-0.3, -0.25) is 0 Å². The maximum absolute atomic E-state index is 13.2. The van der Waals surface area contributed by atoms with Gasteiger partial charge < -0.3 is 4.74 Å². The fourth-order valence-corrected chi connectivity index (χ4v) is 2.58. The second kappa shape index (κ2) is 9.05. The Morgan fingerprint density at radius 3 is 2.41 bits per heavy atom. The van der Waals surface area contributed by atoms with Gasteiger partial charge >= 0.3 is 11.9 Å². The Kier molecular flexibility index (Phi) is 9.08. The number of hydrogen-bond acceptors (Lipinski definition) is 2. The number of rotatable bonds is 9. The van der Waals surface area contributed by atoms with Crippen LogP contribution in [0.1, 0.15) is 51.9 Å². The molecule has 0 rings (SSSR count). The van der Waals surface area contributed by atoms with Gasteiger partial charge in [-0.15, -0.1) is 0 Å². The van der Waals surface area contributed by atoms with E-state index in [0.717, 1.165) is 32.8 Å². The Morgan fingerprint density at radius 1 is 1.29 bits per heavy atom. The summed E-state index contributed by atoms with van der Waals surface area (Å²) in [6.45, 7) is 2.14. The van der Waals surface area contributed by atoms with Gasteiger partial charge in [-0.25, -0.2) is 4.79 Å². The molecule has 0 spiro atoms. The Morgan fingerprint density at radius 2 is 1.88 bits per heavy atom. The van der Waals surface area contributed by atoms with E-state index in [9.17, 15) is 13.6 Å². The number of hydrogen-bond donors (Lipinski definition) is 0. The number of ether oxygens (including phenoxy) is 1. The first-order valence-corrected chi connectivity index (χ1v) is 7.29. The molecule has 0 saturated carbocycles. The molecule has 0 aromatic carbocycles. The van der Waals surface area contributed by atoms with Crippen molar-refractivity contribution in [3.8, 4) is 0 Å². The number of halogens is 3. The molecule has 0 amide bonds. The Bertz CT molecular complexity index is 223. The normalized spacial score (nSPS) is 13.5. The first-order valence-electron chi connectivity index (χ1n) is 6.04. The van der Waals surface area contributed by atoms with E-state index in [1.165, 1.54) is 12.8 Å². The molecule has 0 aromatic rings. The van der Waals surface area contributed by atoms with Crippen LogP contribution in [0.25, 0.3) is 0 Å². The molecule has 2 nitrogen and oxygen atoms in total. The van der Waals surface area contributed by atoms with Gasteiger partial charge in [0.1, 0.15) is 0 Å². The lowest BCUT2D eigenvalue weighted by Gasteiger charge is -2.17. The first kappa shape index (κ1) is 17.1. The molecule has 1 atom stereocenters. The van der Waals surface area contributed by atoms with Gasteiger partial charge in [0.2, 0.25) is 0 Å². The van der Waals surface area contributed by atoms with Gasteiger partial charge in [0.25, 0.3) is 0 Å². The SMILES string of the molecule is CCCCCCCC(I)CC(F)(F)C(=O)OC. The molecule has 0 aromatic heterocycles. The average molecular weight is 362 g/mol. The topological polar surface area (TPSA) is 26.3 Å². The molecule has 5 heteroatoms. The minimum atomic E-state index is -3.34. The van der Waals surface area contributed by atoms with Gasteiger partial charge in [0, 0.05) is 10.3 Å². The second-order valence-electron chi connectivity index (χ2n) is 4.20. The largest absolute Gasteiger partial charge is 0.465 e. The fraction of sp³-hybridized carbons (Fsp3) is 0.917. The van der Waals surface area contributed by atoms with Gasteiger partial charge in [-0.2, -0.15) is 8.78 Å². The van der Waals surface area contributed by atoms with Gasteiger partial charge in [-0.05, 0) is 6.42 Å². The number of carbonyl (C=O) groups is 1. The monoisotopic (exact) mass is 362 g/mol. The minimum Gasteiger partial charge on any atom is -0.465 e. The maximum Gasteiger partial charge on any atom is 0.376 e. The van der Waals surface area contributed by atoms with Crippen molar-refractivity contribution in [3.05, 3.63) is 0 Å². The van der Waals surface area contributed by atoms with Crippen molar-refractivity contribution in [1.82, 2.24) is 0 Å². The van der Waals surface area contributed by atoms with Gasteiger partial charge in [0.15, 0.2) is 0 Å². The molecule has 0 bridgehead atoms. The summed E-state index contributed by atoms with van der Waals surface area (Å²) in [6.07, 6.45) is 5.87. The van der Waals surface area contributed by atoms with E-state index in [1.54, 1.807) is 0 Å². The van der Waals surface area contributed by atoms with E-state index < -0.39 is 18.3 Å². The predicted octanol–water partition coefficient (Wildman–Crippen LogP) is 4.35. The molecule has 1 unspecified atom stereocenters. The van der Waals surface area contributed by atoms with Crippen molar-refractivity contribution < 1.29 is 18.3 Å². The fourth-order valence-electron chi connectivity index (χ4n) is 1.58. The number of carbonyl (C=O) groups excluding carboxylic acids is 1. The van der Waals surface area contributed by atoms with E-state index in [2.05, 4.69) is 11.7 Å². The van der Waals surface area contributed by atoms with Gasteiger partial charge in [0.05, 0.1) is 7.11 Å². The third-order valence-corrected chi connectivity index (χ3v) is 3.65. The highest BCUT2D eigenvalue weighted by molar-refractivity contribution is 14.1. The van der Waals surface area contributed by atoms with Crippen molar-refractivity contribution in [3.63, 3.8) is 0 Å². The maximum atomic E-state index is 13.2. The third kappa shape index (κ3) is 7.89. The van der Waals surface area contributed by atoms with Crippen molar-refractivity contribution in [2.75, 3.05) is 7.11 Å². The minimum absolute atomic E-state index is 0.177. The quantitative estimate of drug-likeness (QED) is 0.264. The van der Waals surface area contributed by atoms with Crippen molar-refractivity contribution in [1.29, 1.82) is 0 Å². The molecule has 0 N–H and O–H groups in total. The molecule has 0 saturated heterocycles. The summed E-state index contributed by atoms with van der Waals surface area (Å²) in [6, 6.07) is 0. The van der Waals surface area contributed by atoms with E-state index in [-0.39, 0.29) is 3.92 Å². The molecule has 0 aliphatic rings. The third-order valence-electron chi connectivity index (χ3n) is 2.58. The summed E-state index contributed by atoms with van der Waals surface area (Å²) in [5.74, 6) is -4.77. The molecule has 0 radical (unpaired) electrons. The zero-order chi connectivity index (χ0) is 13.3. The highest BCUT2D eigenvalue weighted by Crippen LogP contribution is 2.28. The van der Waals surface area contributed by atoms with E-state index in [1.807, 2.05) is 22.6 Å². The molecule has 0 fully saturated rings. The zero-order valence-electron chi connectivity index (χ0n) is 10.5. The number of unbranched alkanes of at least 4 members (excludes halogenated alkanes) is 4. The van der Waals surface area contributed by atoms with Crippen LogP contribution in [0.2, 0.25) is 0 Å². The van der Waals surface area contributed by atoms with E-state index in [0.29, 0.717) is 0 Å². The summed E-state index contributed by atoms with van der Waals surface area (Å²) in [7, 11) is 0.989. The van der Waals surface area contributed by atoms with Crippen LogP contribution in [-0.4, -0.2) is 22.9 Å². The van der Waals surface area contributed by atoms with Crippen LogP contribution >= 0.6 is 22.6 Å². The number of esters is 1. The predicted molar refractivity (Wildman–Crippen MR) is 72.8 cm³/mol. The molecule has 17 heavy (non-hydrogen) atoms. The van der Waals surface area contributed by atoms with Crippen LogP contribution < -0.4 is 0 Å². The highest BCUT2D eigenvalue weighted by atomic mass is 127. The number of alkyl halides is 3. The lowest BCUT2D eigenvalue weighted by molar-refractivity contribution is -0.169. The summed E-state index contributed by atoms with van der Waals surface area (Å²) < 4.78 is 30.3. The summed E-state index contributed by atoms with van der Waals surface area (Å²) in [4.78, 5) is 10.8. The van der Waals surface area contributed by atoms with Gasteiger partial charge in [-0.1, -0.05) is 61.6 Å². The Hall–Kier alpha value is 0.0600. The van der Waals surface area contributed by atoms with Crippen LogP contribution in [0.15, 0.2) is 0 Å². The second-order valence-corrected chi connectivity index (χ2v) is 5.96. The molecule has 0 heterocycles. The average Bonchev–Trinajstić information content (AvgIpc) is 2.27. The summed E-state index contributed by atoms with van der Waals surface area (Å²) in [5, 5.41) is 0. The number of methoxy groups -OCH3 is 1. The van der Waals surface area contributed by atoms with Crippen molar-refractivity contribution in [2.24, 2.45) is 0 Å². The summed E-state index contributed by atoms with van der Waals surface area (Å²) in [5.41, 5.74) is 0. The molecule has 0 aliphatic carbocycles. The lowest BCUT2D eigenvalue weighted by atomic mass is 10.1. The molecular formula is C12H21F2IO2. The molecule has 102 valence electrons. The smallest absolute Gasteiger partial charge is 0.376 e. The standard InChI is InChI=1S/C12H21F2IO2/c1-3-4-5-6-7-8-10(15)9-12(13,14)11(16)17-2/h10H,3-9H2,1-2H3. The lowest BCUT2D eigenvalue weighted by Crippen LogP contribution is -2.32. The van der Waals surface area contributed by atoms with Crippen LogP contribution in [-0.2, 0) is 9.53 Å². The molecule has 0 aliphatic heterocycles. The Labute approximate surface area is 116 Å². The zero-order valence-corrected chi connectivity index (χ0v) is 12.6. The highest BCUT2D eigenvalue weighted by Gasteiger charge is 2.41.